The Morgan fingerprint density at radius 2 is 1.51 bits per heavy atom. The second-order valence-electron chi connectivity index (χ2n) is 10.6. The summed E-state index contributed by atoms with van der Waals surface area (Å²) in [5.41, 5.74) is -1.28. The zero-order valence-electron chi connectivity index (χ0n) is 25.5. The molecule has 0 saturated carbocycles. The van der Waals surface area contributed by atoms with E-state index >= 15 is 0 Å². The number of phenols is 6. The van der Waals surface area contributed by atoms with E-state index in [0.717, 1.165) is 43.5 Å². The van der Waals surface area contributed by atoms with Gasteiger partial charge in [0.15, 0.2) is 46.0 Å². The van der Waals surface area contributed by atoms with Crippen molar-refractivity contribution in [2.45, 2.75) is 30.7 Å². The van der Waals surface area contributed by atoms with Crippen LogP contribution in [0.25, 0.3) is 28.4 Å². The molecule has 5 atom stereocenters. The molecule has 1 aliphatic rings. The van der Waals surface area contributed by atoms with Gasteiger partial charge in [0.25, 0.3) is 0 Å². The summed E-state index contributed by atoms with van der Waals surface area (Å²) >= 11 is 0. The zero-order chi connectivity index (χ0) is 35.7. The van der Waals surface area contributed by atoms with Crippen molar-refractivity contribution < 1.29 is 78.9 Å². The first-order valence-electron chi connectivity index (χ1n) is 14.2. The molecule has 4 aromatic rings. The van der Waals surface area contributed by atoms with Crippen molar-refractivity contribution >= 4 is 23.0 Å². The Bertz CT molecular complexity index is 1960. The second-order valence-corrected chi connectivity index (χ2v) is 10.6. The molecule has 1 saturated heterocycles. The fourth-order valence-corrected chi connectivity index (χ4v) is 4.98. The number of ether oxygens (including phenoxy) is 5. The topological polar surface area (TPSA) is 275 Å². The minimum atomic E-state index is -2.01. The number of carbonyl (C=O) groups excluding carboxylic acids is 1. The Balaban J connectivity index is 1.46. The molecule has 49 heavy (non-hydrogen) atoms. The van der Waals surface area contributed by atoms with E-state index in [0.29, 0.717) is 0 Å². The summed E-state index contributed by atoms with van der Waals surface area (Å²) in [4.78, 5) is 26.2. The zero-order valence-corrected chi connectivity index (χ0v) is 25.5. The molecule has 0 unspecified atom stereocenters. The summed E-state index contributed by atoms with van der Waals surface area (Å²) in [6, 6.07) is 6.94. The number of carbonyl (C=O) groups is 1. The van der Waals surface area contributed by atoms with E-state index in [4.69, 9.17) is 28.1 Å². The molecule has 3 aromatic carbocycles. The van der Waals surface area contributed by atoms with Crippen LogP contribution in [-0.2, 0) is 14.3 Å². The van der Waals surface area contributed by atoms with E-state index in [-0.39, 0.29) is 28.2 Å². The summed E-state index contributed by atoms with van der Waals surface area (Å²) in [6.45, 7) is -0.719. The minimum absolute atomic E-state index is 0.0144. The maximum Gasteiger partial charge on any atom is 0.330 e. The number of hydrogen-bond acceptors (Lipinski definition) is 17. The van der Waals surface area contributed by atoms with E-state index < -0.39 is 100 Å². The fourth-order valence-electron chi connectivity index (χ4n) is 4.98. The molecule has 5 rings (SSSR count). The first-order chi connectivity index (χ1) is 23.2. The van der Waals surface area contributed by atoms with Gasteiger partial charge in [-0.05, 0) is 42.0 Å². The number of esters is 1. The van der Waals surface area contributed by atoms with Crippen molar-refractivity contribution in [3.8, 4) is 63.1 Å². The lowest BCUT2D eigenvalue weighted by Crippen LogP contribution is -2.60. The van der Waals surface area contributed by atoms with Gasteiger partial charge >= 0.3 is 5.97 Å². The van der Waals surface area contributed by atoms with Crippen molar-refractivity contribution in [1.82, 2.24) is 0 Å². The Morgan fingerprint density at radius 3 is 2.14 bits per heavy atom. The Kier molecular flexibility index (Phi) is 9.63. The predicted molar refractivity (Wildman–Crippen MR) is 165 cm³/mol. The van der Waals surface area contributed by atoms with E-state index in [1.165, 1.54) is 19.2 Å². The maximum absolute atomic E-state index is 13.9. The summed E-state index contributed by atoms with van der Waals surface area (Å²) in [7, 11) is 2.43. The Morgan fingerprint density at radius 1 is 0.816 bits per heavy atom. The van der Waals surface area contributed by atoms with E-state index in [2.05, 4.69) is 0 Å². The van der Waals surface area contributed by atoms with Crippen LogP contribution >= 0.6 is 0 Å². The van der Waals surface area contributed by atoms with Crippen molar-refractivity contribution in [2.24, 2.45) is 0 Å². The molecule has 1 aromatic heterocycles. The highest BCUT2D eigenvalue weighted by molar-refractivity contribution is 5.91. The van der Waals surface area contributed by atoms with Gasteiger partial charge in [-0.25, -0.2) is 4.79 Å². The van der Waals surface area contributed by atoms with Crippen LogP contribution in [0.2, 0.25) is 0 Å². The highest BCUT2D eigenvalue weighted by Gasteiger charge is 2.46. The molecule has 0 bridgehead atoms. The number of aromatic hydroxyl groups is 6. The van der Waals surface area contributed by atoms with Crippen molar-refractivity contribution in [2.75, 3.05) is 20.8 Å². The lowest BCUT2D eigenvalue weighted by atomic mass is 9.99. The lowest BCUT2D eigenvalue weighted by Gasteiger charge is -2.39. The number of benzene rings is 3. The van der Waals surface area contributed by atoms with Gasteiger partial charge in [0.05, 0.1) is 14.2 Å². The smallest absolute Gasteiger partial charge is 0.330 e. The van der Waals surface area contributed by atoms with Crippen LogP contribution in [0.3, 0.4) is 0 Å². The normalized spacial score (nSPS) is 20.7. The third-order valence-corrected chi connectivity index (χ3v) is 7.49. The molecule has 0 spiro atoms. The van der Waals surface area contributed by atoms with Gasteiger partial charge in [0.2, 0.25) is 23.2 Å². The molecule has 0 radical (unpaired) electrons. The first-order valence-corrected chi connectivity index (χ1v) is 14.2. The SMILES string of the molecule is COc1ccc(-c2oc3cc(O)c(OC)c(O)c3c(=O)c2O[C@@H]2O[C@H](COC(=O)/C=C/c3cc(O)c(O)c(O)c3)[C@@H](O)[C@H](O)[C@H]2O)cc1O. The summed E-state index contributed by atoms with van der Waals surface area (Å²) < 4.78 is 32.3. The molecule has 9 N–H and O–H groups in total. The highest BCUT2D eigenvalue weighted by Crippen LogP contribution is 2.44. The molecular formula is C32H30O17. The molecule has 1 aliphatic heterocycles. The molecule has 1 fully saturated rings. The number of fused-ring (bicyclic) bond motifs is 1. The van der Waals surface area contributed by atoms with Gasteiger partial charge in [-0.2, -0.15) is 0 Å². The number of methoxy groups -OCH3 is 2. The number of hydrogen-bond donors (Lipinski definition) is 9. The number of phenolic OH excluding ortho intramolecular Hbond substituents is 6. The predicted octanol–water partition coefficient (Wildman–Crippen LogP) is 1.15. The van der Waals surface area contributed by atoms with Crippen LogP contribution in [0.1, 0.15) is 5.56 Å². The molecule has 17 nitrogen and oxygen atoms in total. The fraction of sp³-hybridized carbons (Fsp3) is 0.250. The Labute approximate surface area is 274 Å². The van der Waals surface area contributed by atoms with Crippen LogP contribution in [0.15, 0.2) is 51.7 Å². The molecule has 0 aliphatic carbocycles. The van der Waals surface area contributed by atoms with Crippen molar-refractivity contribution in [3.05, 3.63) is 58.3 Å². The van der Waals surface area contributed by atoms with Gasteiger partial charge in [0, 0.05) is 17.7 Å². The van der Waals surface area contributed by atoms with E-state index in [9.17, 15) is 55.5 Å². The average Bonchev–Trinajstić information content (AvgIpc) is 3.06. The monoisotopic (exact) mass is 686 g/mol. The van der Waals surface area contributed by atoms with Gasteiger partial charge in [-0.1, -0.05) is 0 Å². The third kappa shape index (κ3) is 6.63. The Hall–Kier alpha value is -5.88. The van der Waals surface area contributed by atoms with Gasteiger partial charge in [-0.3, -0.25) is 4.79 Å². The number of aliphatic hydroxyl groups is 3. The van der Waals surface area contributed by atoms with Crippen LogP contribution in [0.5, 0.6) is 51.7 Å². The lowest BCUT2D eigenvalue weighted by molar-refractivity contribution is -0.278. The average molecular weight is 687 g/mol. The molecule has 260 valence electrons. The quantitative estimate of drug-likeness (QED) is 0.0678. The highest BCUT2D eigenvalue weighted by atomic mass is 16.7. The van der Waals surface area contributed by atoms with Crippen molar-refractivity contribution in [3.63, 3.8) is 0 Å². The second kappa shape index (κ2) is 13.7. The van der Waals surface area contributed by atoms with Crippen LogP contribution < -0.4 is 19.6 Å². The van der Waals surface area contributed by atoms with Crippen molar-refractivity contribution in [1.29, 1.82) is 0 Å². The molecule has 17 heteroatoms. The summed E-state index contributed by atoms with van der Waals surface area (Å²) in [5, 5.41) is 91.6. The van der Waals surface area contributed by atoms with Gasteiger partial charge < -0.3 is 74.1 Å². The number of aliphatic hydroxyl groups excluding tert-OH is 3. The standard InChI is InChI=1S/C32H30O17/c1-44-18-5-4-13(9-14(18)33)29-31(26(41)22-19(47-29)10-17(36)30(45-2)25(22)40)49-32-28(43)27(42)24(39)20(48-32)11-46-21(37)6-3-12-7-15(34)23(38)16(35)8-12/h3-10,20,24,27-28,32-36,38-40,42-43H,11H2,1-2H3/b6-3+/t20-,24-,27+,28-,32+/m1/s1. The van der Waals surface area contributed by atoms with E-state index in [1.54, 1.807) is 0 Å². The maximum atomic E-state index is 13.9. The van der Waals surface area contributed by atoms with Gasteiger partial charge in [0.1, 0.15) is 42.0 Å². The van der Waals surface area contributed by atoms with Crippen LogP contribution in [-0.4, -0.2) is 103 Å². The molecular weight excluding hydrogens is 656 g/mol. The summed E-state index contributed by atoms with van der Waals surface area (Å²) in [6.07, 6.45) is -7.28. The van der Waals surface area contributed by atoms with Crippen LogP contribution in [0.4, 0.5) is 0 Å². The van der Waals surface area contributed by atoms with Crippen LogP contribution in [0, 0.1) is 0 Å². The third-order valence-electron chi connectivity index (χ3n) is 7.49. The molecule has 2 heterocycles. The molecule has 0 amide bonds. The minimum Gasteiger partial charge on any atom is -0.504 e. The summed E-state index contributed by atoms with van der Waals surface area (Å²) in [5.74, 6) is -6.36. The first kappa shape index (κ1) is 34.5. The number of rotatable bonds is 9. The van der Waals surface area contributed by atoms with E-state index in [1.807, 2.05) is 0 Å². The van der Waals surface area contributed by atoms with Gasteiger partial charge in [-0.15, -0.1) is 0 Å². The largest absolute Gasteiger partial charge is 0.504 e.